The van der Waals surface area contributed by atoms with E-state index < -0.39 is 0 Å². The average Bonchev–Trinajstić information content (AvgIpc) is 2.55. The molecule has 1 N–H and O–H groups in total. The van der Waals surface area contributed by atoms with Crippen LogP contribution >= 0.6 is 11.6 Å². The van der Waals surface area contributed by atoms with E-state index in [0.717, 1.165) is 10.9 Å². The number of carbonyl (C=O) groups excluding carboxylic acids is 1. The first-order valence-electron chi connectivity index (χ1n) is 5.48. The van der Waals surface area contributed by atoms with Gasteiger partial charge in [0.15, 0.2) is 5.76 Å². The summed E-state index contributed by atoms with van der Waals surface area (Å²) >= 11 is 5.92. The highest BCUT2D eigenvalue weighted by molar-refractivity contribution is 6.31. The molecule has 0 atom stereocenters. The third-order valence-electron chi connectivity index (χ3n) is 2.52. The summed E-state index contributed by atoms with van der Waals surface area (Å²) in [6.45, 7) is 5.68. The molecule has 0 unspecified atom stereocenters. The summed E-state index contributed by atoms with van der Waals surface area (Å²) in [5.41, 5.74) is 1.50. The normalized spacial score (nSPS) is 11.1. The Bertz CT molecular complexity index is 572. The number of aryl methyl sites for hydroxylation is 1. The first kappa shape index (κ1) is 12.0. The van der Waals surface area contributed by atoms with Crippen LogP contribution in [0.4, 0.5) is 0 Å². The van der Waals surface area contributed by atoms with Crippen molar-refractivity contribution in [2.45, 2.75) is 26.8 Å². The molecule has 1 amide bonds. The van der Waals surface area contributed by atoms with Crippen molar-refractivity contribution in [3.05, 3.63) is 34.5 Å². The summed E-state index contributed by atoms with van der Waals surface area (Å²) in [7, 11) is 0. The van der Waals surface area contributed by atoms with Gasteiger partial charge in [-0.25, -0.2) is 0 Å². The number of rotatable bonds is 2. The van der Waals surface area contributed by atoms with E-state index >= 15 is 0 Å². The molecule has 0 spiro atoms. The van der Waals surface area contributed by atoms with E-state index in [0.29, 0.717) is 16.4 Å². The molecule has 0 aliphatic rings. The van der Waals surface area contributed by atoms with Crippen LogP contribution in [0.25, 0.3) is 11.0 Å². The molecule has 0 fully saturated rings. The Hall–Kier alpha value is -1.48. The molecule has 3 nitrogen and oxygen atoms in total. The van der Waals surface area contributed by atoms with E-state index in [-0.39, 0.29) is 11.9 Å². The number of nitrogens with one attached hydrogen (secondary N) is 1. The molecule has 0 radical (unpaired) electrons. The van der Waals surface area contributed by atoms with Gasteiger partial charge < -0.3 is 9.73 Å². The van der Waals surface area contributed by atoms with Gasteiger partial charge in [-0.05, 0) is 39.0 Å². The maximum atomic E-state index is 11.9. The van der Waals surface area contributed by atoms with E-state index in [1.165, 1.54) is 0 Å². The number of benzene rings is 1. The molecule has 0 bridgehead atoms. The molecule has 0 saturated heterocycles. The standard InChI is InChI=1S/C13H14ClNO2/c1-7(2)15-13(16)12-8(3)10-6-9(14)4-5-11(10)17-12/h4-7H,1-3H3,(H,15,16). The quantitative estimate of drug-likeness (QED) is 0.887. The highest BCUT2D eigenvalue weighted by atomic mass is 35.5. The van der Waals surface area contributed by atoms with Crippen molar-refractivity contribution in [1.29, 1.82) is 0 Å². The fourth-order valence-corrected chi connectivity index (χ4v) is 1.91. The van der Waals surface area contributed by atoms with Crippen molar-refractivity contribution >= 4 is 28.5 Å². The van der Waals surface area contributed by atoms with Gasteiger partial charge in [-0.3, -0.25) is 4.79 Å². The van der Waals surface area contributed by atoms with Gasteiger partial charge in [0.1, 0.15) is 5.58 Å². The molecule has 0 saturated carbocycles. The lowest BCUT2D eigenvalue weighted by Crippen LogP contribution is -2.30. The van der Waals surface area contributed by atoms with Gasteiger partial charge in [0, 0.05) is 22.0 Å². The predicted octanol–water partition coefficient (Wildman–Crippen LogP) is 3.53. The van der Waals surface area contributed by atoms with Crippen molar-refractivity contribution in [2.24, 2.45) is 0 Å². The van der Waals surface area contributed by atoms with Gasteiger partial charge in [0.05, 0.1) is 0 Å². The van der Waals surface area contributed by atoms with Crippen LogP contribution < -0.4 is 5.32 Å². The van der Waals surface area contributed by atoms with Crippen molar-refractivity contribution in [3.63, 3.8) is 0 Å². The Labute approximate surface area is 105 Å². The van der Waals surface area contributed by atoms with Crippen molar-refractivity contribution in [1.82, 2.24) is 5.32 Å². The predicted molar refractivity (Wildman–Crippen MR) is 68.6 cm³/mol. The number of halogens is 1. The Morgan fingerprint density at radius 2 is 2.12 bits per heavy atom. The van der Waals surface area contributed by atoms with Gasteiger partial charge in [-0.2, -0.15) is 0 Å². The second-order valence-corrected chi connectivity index (χ2v) is 4.76. The SMILES string of the molecule is Cc1c(C(=O)NC(C)C)oc2ccc(Cl)cc12. The molecule has 17 heavy (non-hydrogen) atoms. The zero-order valence-corrected chi connectivity index (χ0v) is 10.8. The number of amides is 1. The van der Waals surface area contributed by atoms with Crippen molar-refractivity contribution < 1.29 is 9.21 Å². The van der Waals surface area contributed by atoms with Crippen LogP contribution in [0.1, 0.15) is 30.0 Å². The fourth-order valence-electron chi connectivity index (χ4n) is 1.74. The minimum Gasteiger partial charge on any atom is -0.451 e. The smallest absolute Gasteiger partial charge is 0.287 e. The van der Waals surface area contributed by atoms with Crippen LogP contribution in [-0.4, -0.2) is 11.9 Å². The van der Waals surface area contributed by atoms with E-state index in [4.69, 9.17) is 16.0 Å². The summed E-state index contributed by atoms with van der Waals surface area (Å²) in [6, 6.07) is 5.41. The Balaban J connectivity index is 2.49. The Kier molecular flexibility index (Phi) is 3.11. The number of fused-ring (bicyclic) bond motifs is 1. The topological polar surface area (TPSA) is 42.2 Å². The second kappa shape index (κ2) is 4.41. The van der Waals surface area contributed by atoms with Crippen molar-refractivity contribution in [2.75, 3.05) is 0 Å². The number of hydrogen-bond acceptors (Lipinski definition) is 2. The summed E-state index contributed by atoms with van der Waals surface area (Å²) < 4.78 is 5.55. The van der Waals surface area contributed by atoms with Crippen LogP contribution in [0, 0.1) is 6.92 Å². The number of carbonyl (C=O) groups is 1. The summed E-state index contributed by atoms with van der Waals surface area (Å²) in [5, 5.41) is 4.33. The molecule has 4 heteroatoms. The van der Waals surface area contributed by atoms with Crippen LogP contribution in [0.3, 0.4) is 0 Å². The Morgan fingerprint density at radius 1 is 1.41 bits per heavy atom. The van der Waals surface area contributed by atoms with Crippen LogP contribution in [0.2, 0.25) is 5.02 Å². The number of furan rings is 1. The highest BCUT2D eigenvalue weighted by Crippen LogP contribution is 2.27. The van der Waals surface area contributed by atoms with Crippen LogP contribution in [0.15, 0.2) is 22.6 Å². The molecular formula is C13H14ClNO2. The van der Waals surface area contributed by atoms with Crippen LogP contribution in [0.5, 0.6) is 0 Å². The Morgan fingerprint density at radius 3 is 2.76 bits per heavy atom. The second-order valence-electron chi connectivity index (χ2n) is 4.32. The highest BCUT2D eigenvalue weighted by Gasteiger charge is 2.18. The molecule has 2 aromatic rings. The maximum Gasteiger partial charge on any atom is 0.287 e. The molecule has 1 aromatic heterocycles. The summed E-state index contributed by atoms with van der Waals surface area (Å²) in [6.07, 6.45) is 0. The lowest BCUT2D eigenvalue weighted by atomic mass is 10.1. The maximum absolute atomic E-state index is 11.9. The first-order chi connectivity index (χ1) is 7.99. The summed E-state index contributed by atoms with van der Waals surface area (Å²) in [4.78, 5) is 11.9. The zero-order chi connectivity index (χ0) is 12.6. The molecule has 2 rings (SSSR count). The van der Waals surface area contributed by atoms with Gasteiger partial charge in [-0.1, -0.05) is 11.6 Å². The zero-order valence-electron chi connectivity index (χ0n) is 10.0. The number of hydrogen-bond donors (Lipinski definition) is 1. The molecule has 1 heterocycles. The van der Waals surface area contributed by atoms with Crippen molar-refractivity contribution in [3.8, 4) is 0 Å². The molecule has 1 aromatic carbocycles. The average molecular weight is 252 g/mol. The minimum atomic E-state index is -0.190. The lowest BCUT2D eigenvalue weighted by molar-refractivity contribution is 0.0916. The molecule has 90 valence electrons. The van der Waals surface area contributed by atoms with E-state index in [2.05, 4.69) is 5.32 Å². The lowest BCUT2D eigenvalue weighted by Gasteiger charge is -2.06. The van der Waals surface area contributed by atoms with Gasteiger partial charge in [0.25, 0.3) is 5.91 Å². The van der Waals surface area contributed by atoms with Gasteiger partial charge in [0.2, 0.25) is 0 Å². The minimum absolute atomic E-state index is 0.0821. The molecule has 0 aliphatic carbocycles. The first-order valence-corrected chi connectivity index (χ1v) is 5.86. The summed E-state index contributed by atoms with van der Waals surface area (Å²) in [5.74, 6) is 0.167. The third-order valence-corrected chi connectivity index (χ3v) is 2.76. The van der Waals surface area contributed by atoms with E-state index in [1.54, 1.807) is 12.1 Å². The molecule has 0 aliphatic heterocycles. The van der Waals surface area contributed by atoms with E-state index in [1.807, 2.05) is 26.8 Å². The molecular weight excluding hydrogens is 238 g/mol. The third kappa shape index (κ3) is 2.29. The fraction of sp³-hybridized carbons (Fsp3) is 0.308. The largest absolute Gasteiger partial charge is 0.451 e. The van der Waals surface area contributed by atoms with E-state index in [9.17, 15) is 4.79 Å². The van der Waals surface area contributed by atoms with Crippen LogP contribution in [-0.2, 0) is 0 Å². The van der Waals surface area contributed by atoms with Gasteiger partial charge >= 0.3 is 0 Å². The van der Waals surface area contributed by atoms with Gasteiger partial charge in [-0.15, -0.1) is 0 Å². The monoisotopic (exact) mass is 251 g/mol.